The van der Waals surface area contributed by atoms with Crippen LogP contribution in [0.25, 0.3) is 0 Å². The number of hydrogen-bond acceptors (Lipinski definition) is 4. The normalized spacial score (nSPS) is 18.6. The molecule has 45 heavy (non-hydrogen) atoms. The summed E-state index contributed by atoms with van der Waals surface area (Å²) in [6, 6.07) is 19.1. The quantitative estimate of drug-likeness (QED) is 0.170. The van der Waals surface area contributed by atoms with Crippen molar-refractivity contribution in [3.8, 4) is 17.2 Å². The molecule has 1 atom stereocenters. The molecule has 1 spiro atoms. The van der Waals surface area contributed by atoms with Gasteiger partial charge in [-0.3, -0.25) is 0 Å². The van der Waals surface area contributed by atoms with E-state index in [2.05, 4.69) is 83.3 Å². The van der Waals surface area contributed by atoms with E-state index in [-0.39, 0.29) is 17.1 Å². The largest absolute Gasteiger partial charge is 0.517 e. The van der Waals surface area contributed by atoms with Gasteiger partial charge in [-0.25, -0.2) is 6.54 Å². The summed E-state index contributed by atoms with van der Waals surface area (Å²) in [7, 11) is 15.1. The summed E-state index contributed by atoms with van der Waals surface area (Å²) in [5.74, 6) is 3.48. The second kappa shape index (κ2) is 14.8. The minimum atomic E-state index is -1.77. The van der Waals surface area contributed by atoms with Gasteiger partial charge in [0.15, 0.2) is 11.5 Å². The van der Waals surface area contributed by atoms with Gasteiger partial charge in [-0.2, -0.15) is 0 Å². The standard InChI is InChI=1S/C28H38NO2.C10H12O.2ClH.Ru/c1-18(2)21-10-9-11-22(19(3)4)26(21)29-17-28(16-27(29,5)6)13-12-20-14-24(30-7)25(31-8)15-23(20)28;1-8(2)11-10-7-5-4-6-9(10)3;;;/h9-11,14-15,17-19H,12-13,16H2,1-8H3;3-8H,1-2H3;2*1H;/q-1;;;;+2/p-2/t28-;;;;/m0..../s1. The van der Waals surface area contributed by atoms with Gasteiger partial charge in [0, 0.05) is 11.2 Å². The SMILES string of the molecule is CC(C)Oc1ccccc1[CH]=[Ru]([Cl])[Cl].COc1cc2c(cc1OC)[C@@]1([CH-]N(c3c(C(C)C)cccc3C(C)C)C(C)(C)C1)CC2. The van der Waals surface area contributed by atoms with E-state index in [1.807, 2.05) is 42.7 Å². The number of aryl methyl sites for hydroxylation is 1. The number of para-hydroxylation sites is 2. The van der Waals surface area contributed by atoms with Crippen molar-refractivity contribution in [2.24, 2.45) is 0 Å². The second-order valence-electron chi connectivity index (χ2n) is 13.6. The summed E-state index contributed by atoms with van der Waals surface area (Å²) in [5.41, 5.74) is 8.17. The van der Waals surface area contributed by atoms with E-state index in [1.165, 1.54) is 27.9 Å². The Morgan fingerprint density at radius 3 is 2.00 bits per heavy atom. The number of hydrogen-bond donors (Lipinski definition) is 0. The molecule has 0 aromatic heterocycles. The minimum absolute atomic E-state index is 0.0312. The molecule has 3 aromatic rings. The molecule has 2 aliphatic rings. The van der Waals surface area contributed by atoms with Gasteiger partial charge in [-0.1, -0.05) is 57.9 Å². The van der Waals surface area contributed by atoms with Crippen LogP contribution in [0.3, 0.4) is 0 Å². The number of rotatable bonds is 8. The number of ether oxygens (including phenoxy) is 3. The molecule has 3 aromatic carbocycles. The molecule has 0 amide bonds. The molecule has 1 aliphatic carbocycles. The minimum Gasteiger partial charge on any atom is -0.517 e. The Morgan fingerprint density at radius 1 is 0.844 bits per heavy atom. The Bertz CT molecular complexity index is 1490. The van der Waals surface area contributed by atoms with Gasteiger partial charge in [0.25, 0.3) is 0 Å². The van der Waals surface area contributed by atoms with Crippen LogP contribution in [-0.2, 0) is 25.4 Å². The van der Waals surface area contributed by atoms with Crippen LogP contribution in [0.5, 0.6) is 17.2 Å². The Balaban J connectivity index is 0.000000276. The van der Waals surface area contributed by atoms with Crippen LogP contribution in [0, 0.1) is 6.54 Å². The van der Waals surface area contributed by atoms with Crippen LogP contribution in [0.2, 0.25) is 0 Å². The monoisotopic (exact) mass is 740 g/mol. The van der Waals surface area contributed by atoms with Crippen molar-refractivity contribution < 1.29 is 27.7 Å². The molecule has 0 radical (unpaired) electrons. The first kappa shape index (κ1) is 35.8. The number of nitrogens with zero attached hydrogens (tertiary/aromatic N) is 1. The molecule has 1 fully saturated rings. The van der Waals surface area contributed by atoms with E-state index in [0.717, 1.165) is 42.1 Å². The first-order valence-electron chi connectivity index (χ1n) is 15.9. The molecule has 1 heterocycles. The van der Waals surface area contributed by atoms with Gasteiger partial charge < -0.3 is 14.4 Å². The van der Waals surface area contributed by atoms with Crippen molar-refractivity contribution >= 4 is 29.7 Å². The fourth-order valence-corrected chi connectivity index (χ4v) is 8.70. The van der Waals surface area contributed by atoms with Crippen molar-refractivity contribution in [3.63, 3.8) is 0 Å². The van der Waals surface area contributed by atoms with Gasteiger partial charge in [0.1, 0.15) is 0 Å². The molecular formula is C38H50Cl2NO3Ru-. The molecule has 0 bridgehead atoms. The van der Waals surface area contributed by atoms with Crippen LogP contribution < -0.4 is 19.1 Å². The maximum absolute atomic E-state index is 5.82. The average molecular weight is 741 g/mol. The molecule has 5 rings (SSSR count). The third-order valence-corrected chi connectivity index (χ3v) is 10.6. The zero-order valence-corrected chi connectivity index (χ0v) is 31.7. The van der Waals surface area contributed by atoms with Crippen molar-refractivity contribution in [1.82, 2.24) is 0 Å². The Morgan fingerprint density at radius 2 is 1.44 bits per heavy atom. The van der Waals surface area contributed by atoms with Crippen LogP contribution in [-0.4, -0.2) is 30.5 Å². The number of fused-ring (bicyclic) bond motifs is 2. The first-order valence-corrected chi connectivity index (χ1v) is 21.3. The van der Waals surface area contributed by atoms with Crippen LogP contribution >= 0.6 is 19.4 Å². The summed E-state index contributed by atoms with van der Waals surface area (Å²) in [6.07, 6.45) is 3.49. The third-order valence-electron chi connectivity index (χ3n) is 8.81. The smallest absolute Gasteiger partial charge is 0.161 e. The van der Waals surface area contributed by atoms with Crippen LogP contribution in [0.15, 0.2) is 54.6 Å². The topological polar surface area (TPSA) is 30.9 Å². The molecule has 4 nitrogen and oxygen atoms in total. The van der Waals surface area contributed by atoms with Crippen molar-refractivity contribution in [3.05, 3.63) is 89.0 Å². The van der Waals surface area contributed by atoms with E-state index >= 15 is 0 Å². The first-order chi connectivity index (χ1) is 21.2. The van der Waals surface area contributed by atoms with Crippen molar-refractivity contribution in [2.75, 3.05) is 19.1 Å². The zero-order valence-electron chi connectivity index (χ0n) is 28.5. The summed E-state index contributed by atoms with van der Waals surface area (Å²) < 4.78 is 18.8. The fraction of sp³-hybridized carbons (Fsp3) is 0.474. The number of benzene rings is 3. The van der Waals surface area contributed by atoms with E-state index in [4.69, 9.17) is 33.6 Å². The average Bonchev–Trinajstić information content (AvgIpc) is 3.46. The predicted molar refractivity (Wildman–Crippen MR) is 189 cm³/mol. The van der Waals surface area contributed by atoms with Gasteiger partial charge in [-0.05, 0) is 67.3 Å². The fourth-order valence-electron chi connectivity index (χ4n) is 6.89. The van der Waals surface area contributed by atoms with Gasteiger partial charge in [0.2, 0.25) is 0 Å². The Kier molecular flexibility index (Phi) is 11.8. The molecule has 1 saturated heterocycles. The van der Waals surface area contributed by atoms with Gasteiger partial charge in [-0.15, -0.1) is 5.41 Å². The molecule has 7 heteroatoms. The van der Waals surface area contributed by atoms with E-state index in [9.17, 15) is 0 Å². The number of methoxy groups -OCH3 is 2. The van der Waals surface area contributed by atoms with E-state index in [1.54, 1.807) is 14.2 Å². The van der Waals surface area contributed by atoms with Crippen molar-refractivity contribution in [1.29, 1.82) is 0 Å². The number of halogens is 2. The van der Waals surface area contributed by atoms with Gasteiger partial charge >= 0.3 is 97.8 Å². The summed E-state index contributed by atoms with van der Waals surface area (Å²) in [4.78, 5) is 2.61. The number of anilines is 1. The molecule has 0 unspecified atom stereocenters. The van der Waals surface area contributed by atoms with Gasteiger partial charge in [0.05, 0.1) is 14.2 Å². The second-order valence-corrected chi connectivity index (χ2v) is 19.3. The Hall–Kier alpha value is -2.07. The maximum atomic E-state index is 5.82. The maximum Gasteiger partial charge on any atom is 0.161 e. The van der Waals surface area contributed by atoms with Crippen LogP contribution in [0.1, 0.15) is 108 Å². The zero-order chi connectivity index (χ0) is 33.1. The predicted octanol–water partition coefficient (Wildman–Crippen LogP) is 10.5. The molecular weight excluding hydrogens is 690 g/mol. The molecule has 0 saturated carbocycles. The van der Waals surface area contributed by atoms with E-state index in [0.29, 0.717) is 11.8 Å². The molecule has 0 N–H and O–H groups in total. The third kappa shape index (κ3) is 7.91. The Labute approximate surface area is 284 Å². The summed E-state index contributed by atoms with van der Waals surface area (Å²) in [6.45, 7) is 20.6. The van der Waals surface area contributed by atoms with E-state index < -0.39 is 13.5 Å². The van der Waals surface area contributed by atoms with Crippen LogP contribution in [0.4, 0.5) is 5.69 Å². The van der Waals surface area contributed by atoms with Crippen molar-refractivity contribution in [2.45, 2.75) is 104 Å². The molecule has 248 valence electrons. The summed E-state index contributed by atoms with van der Waals surface area (Å²) >= 11 is -1.77. The summed E-state index contributed by atoms with van der Waals surface area (Å²) in [5, 5.41) is 0. The molecule has 1 aliphatic heterocycles.